The third-order valence-electron chi connectivity index (χ3n) is 5.86. The summed E-state index contributed by atoms with van der Waals surface area (Å²) in [5.41, 5.74) is 0.974. The maximum atomic E-state index is 14.7. The van der Waals surface area contributed by atoms with Gasteiger partial charge < -0.3 is 19.3 Å². The molecule has 3 rings (SSSR count). The highest BCUT2D eigenvalue weighted by atomic mass is 19.1. The third kappa shape index (κ3) is 2.93. The fraction of sp³-hybridized carbons (Fsp3) is 0.611. The van der Waals surface area contributed by atoms with Gasteiger partial charge in [0.2, 0.25) is 0 Å². The number of benzene rings is 1. The van der Waals surface area contributed by atoms with Crippen molar-refractivity contribution >= 4 is 18.7 Å². The molecule has 1 amide bonds. The summed E-state index contributed by atoms with van der Waals surface area (Å²) in [6, 6.07) is 2.82. The normalized spacial score (nSPS) is 24.1. The fourth-order valence-corrected chi connectivity index (χ4v) is 3.62. The van der Waals surface area contributed by atoms with Crippen LogP contribution in [0.4, 0.5) is 9.18 Å². The van der Waals surface area contributed by atoms with Crippen LogP contribution in [0.1, 0.15) is 57.7 Å². The van der Waals surface area contributed by atoms with Gasteiger partial charge in [0.1, 0.15) is 5.82 Å². The van der Waals surface area contributed by atoms with E-state index in [1.54, 1.807) is 13.1 Å². The van der Waals surface area contributed by atoms with Crippen LogP contribution in [0.25, 0.3) is 0 Å². The van der Waals surface area contributed by atoms with Gasteiger partial charge in [-0.25, -0.2) is 9.18 Å². The molecule has 1 aromatic carbocycles. The first-order chi connectivity index (χ1) is 11.5. The maximum Gasteiger partial charge on any atom is 0.498 e. The fourth-order valence-electron chi connectivity index (χ4n) is 3.62. The van der Waals surface area contributed by atoms with Gasteiger partial charge in [-0.1, -0.05) is 6.07 Å². The zero-order valence-corrected chi connectivity index (χ0v) is 15.4. The van der Waals surface area contributed by atoms with Crippen LogP contribution in [0.15, 0.2) is 12.1 Å². The van der Waals surface area contributed by atoms with Crippen molar-refractivity contribution < 1.29 is 23.6 Å². The Bertz CT molecular complexity index is 691. The lowest BCUT2D eigenvalue weighted by Gasteiger charge is -2.33. The van der Waals surface area contributed by atoms with Crippen molar-refractivity contribution in [2.75, 3.05) is 7.05 Å². The predicted molar refractivity (Wildman–Crippen MR) is 93.6 cm³/mol. The quantitative estimate of drug-likeness (QED) is 0.834. The Morgan fingerprint density at radius 3 is 2.44 bits per heavy atom. The van der Waals surface area contributed by atoms with Gasteiger partial charge in [-0.3, -0.25) is 0 Å². The van der Waals surface area contributed by atoms with Crippen LogP contribution in [-0.2, 0) is 15.7 Å². The zero-order chi connectivity index (χ0) is 18.6. The van der Waals surface area contributed by atoms with Crippen molar-refractivity contribution in [2.24, 2.45) is 0 Å². The lowest BCUT2D eigenvalue weighted by atomic mass is 9.70. The Morgan fingerprint density at radius 1 is 1.28 bits per heavy atom. The van der Waals surface area contributed by atoms with Gasteiger partial charge in [-0.2, -0.15) is 0 Å². The molecule has 1 aliphatic heterocycles. The smallest absolute Gasteiger partial charge is 0.465 e. The zero-order valence-electron chi connectivity index (χ0n) is 15.4. The summed E-state index contributed by atoms with van der Waals surface area (Å²) >= 11 is 0. The number of nitrogens with zero attached hydrogens (tertiary/aromatic N) is 1. The van der Waals surface area contributed by atoms with Gasteiger partial charge >= 0.3 is 13.2 Å². The monoisotopic (exact) mass is 349 g/mol. The third-order valence-corrected chi connectivity index (χ3v) is 5.86. The number of rotatable bonds is 2. The molecule has 1 saturated heterocycles. The molecule has 0 saturated carbocycles. The average Bonchev–Trinajstić information content (AvgIpc) is 2.73. The number of halogens is 1. The van der Waals surface area contributed by atoms with Crippen molar-refractivity contribution in [3.8, 4) is 0 Å². The first-order valence-electron chi connectivity index (χ1n) is 8.68. The summed E-state index contributed by atoms with van der Waals surface area (Å²) in [7, 11) is 0.772. The van der Waals surface area contributed by atoms with Crippen molar-refractivity contribution in [3.63, 3.8) is 0 Å². The van der Waals surface area contributed by atoms with Crippen LogP contribution >= 0.6 is 0 Å². The molecule has 1 heterocycles. The first kappa shape index (κ1) is 18.2. The van der Waals surface area contributed by atoms with E-state index < -0.39 is 24.4 Å². The minimum absolute atomic E-state index is 0.275. The molecule has 7 heteroatoms. The van der Waals surface area contributed by atoms with Gasteiger partial charge in [-0.05, 0) is 64.2 Å². The molecule has 0 spiro atoms. The minimum atomic E-state index is -0.987. The number of hydrogen-bond acceptors (Lipinski definition) is 3. The molecule has 1 unspecified atom stereocenters. The summed E-state index contributed by atoms with van der Waals surface area (Å²) in [6.07, 6.45) is 1.23. The van der Waals surface area contributed by atoms with Crippen molar-refractivity contribution in [1.29, 1.82) is 0 Å². The topological polar surface area (TPSA) is 59.0 Å². The largest absolute Gasteiger partial charge is 0.498 e. The Kier molecular flexibility index (Phi) is 4.36. The second-order valence-corrected chi connectivity index (χ2v) is 7.92. The van der Waals surface area contributed by atoms with Gasteiger partial charge in [0.25, 0.3) is 0 Å². The van der Waals surface area contributed by atoms with Crippen LogP contribution in [-0.4, -0.2) is 41.5 Å². The summed E-state index contributed by atoms with van der Waals surface area (Å²) in [6.45, 7) is 7.73. The van der Waals surface area contributed by atoms with E-state index in [0.29, 0.717) is 11.9 Å². The molecule has 1 fully saturated rings. The first-order valence-corrected chi connectivity index (χ1v) is 8.68. The highest BCUT2D eigenvalue weighted by Gasteiger charge is 2.53. The summed E-state index contributed by atoms with van der Waals surface area (Å²) in [5, 5.41) is 9.33. The van der Waals surface area contributed by atoms with E-state index in [0.717, 1.165) is 24.0 Å². The highest BCUT2D eigenvalue weighted by molar-refractivity contribution is 6.62. The van der Waals surface area contributed by atoms with Crippen molar-refractivity contribution in [2.45, 2.75) is 64.2 Å². The number of amides is 1. The predicted octanol–water partition coefficient (Wildman–Crippen LogP) is 3.11. The minimum Gasteiger partial charge on any atom is -0.465 e. The van der Waals surface area contributed by atoms with Crippen LogP contribution in [0.2, 0.25) is 0 Å². The van der Waals surface area contributed by atoms with Crippen molar-refractivity contribution in [1.82, 2.24) is 4.90 Å². The molecule has 25 heavy (non-hydrogen) atoms. The number of hydrogen-bond donors (Lipinski definition) is 1. The summed E-state index contributed by atoms with van der Waals surface area (Å²) in [4.78, 5) is 12.7. The Morgan fingerprint density at radius 2 is 1.88 bits per heavy atom. The van der Waals surface area contributed by atoms with E-state index >= 15 is 0 Å². The molecule has 1 aliphatic carbocycles. The van der Waals surface area contributed by atoms with Crippen LogP contribution < -0.4 is 5.46 Å². The Balaban J connectivity index is 2.05. The second kappa shape index (κ2) is 5.99. The lowest BCUT2D eigenvalue weighted by Crippen LogP contribution is -2.42. The Hall–Kier alpha value is -1.60. The van der Waals surface area contributed by atoms with E-state index in [4.69, 9.17) is 9.31 Å². The molecule has 2 aliphatic rings. The highest BCUT2D eigenvalue weighted by Crippen LogP contribution is 2.39. The molecular weight excluding hydrogens is 324 g/mol. The van der Waals surface area contributed by atoms with Crippen molar-refractivity contribution in [3.05, 3.63) is 29.1 Å². The van der Waals surface area contributed by atoms with Gasteiger partial charge in [0.05, 0.1) is 17.2 Å². The van der Waals surface area contributed by atoms with E-state index in [2.05, 4.69) is 0 Å². The van der Waals surface area contributed by atoms with Gasteiger partial charge in [0, 0.05) is 12.5 Å². The molecular formula is C18H25BFNO4. The number of fused-ring (bicyclic) bond motifs is 1. The molecule has 0 radical (unpaired) electrons. The second-order valence-electron chi connectivity index (χ2n) is 7.92. The lowest BCUT2D eigenvalue weighted by molar-refractivity contribution is 0.00578. The van der Waals surface area contributed by atoms with E-state index in [1.807, 2.05) is 27.7 Å². The molecule has 5 nitrogen and oxygen atoms in total. The van der Waals surface area contributed by atoms with Crippen LogP contribution in [0, 0.1) is 5.82 Å². The van der Waals surface area contributed by atoms with Gasteiger partial charge in [-0.15, -0.1) is 0 Å². The molecule has 0 aromatic heterocycles. The number of carbonyl (C=O) groups is 1. The van der Waals surface area contributed by atoms with Crippen LogP contribution in [0.3, 0.4) is 0 Å². The van der Waals surface area contributed by atoms with Gasteiger partial charge in [0.15, 0.2) is 0 Å². The van der Waals surface area contributed by atoms with E-state index in [9.17, 15) is 14.3 Å². The SMILES string of the molecule is CN(C(=O)O)C1CCCc2c1ccc(F)c2B1OC(C)(C)C(C)(C)O1. The standard InChI is InChI=1S/C18H25BFNO4/c1-17(2)18(3,4)25-19(24-17)15-12-7-6-8-14(21(5)16(22)23)11(12)9-10-13(15)20/h9-10,14H,6-8H2,1-5H3,(H,22,23). The molecule has 1 N–H and O–H groups in total. The molecule has 0 bridgehead atoms. The van der Waals surface area contributed by atoms with E-state index in [-0.39, 0.29) is 11.9 Å². The Labute approximate surface area is 148 Å². The molecule has 1 atom stereocenters. The maximum absolute atomic E-state index is 14.7. The van der Waals surface area contributed by atoms with E-state index in [1.165, 1.54) is 11.0 Å². The molecule has 136 valence electrons. The van der Waals surface area contributed by atoms with Crippen LogP contribution in [0.5, 0.6) is 0 Å². The number of carboxylic acid groups (broad SMARTS) is 1. The summed E-state index contributed by atoms with van der Waals surface area (Å²) in [5.74, 6) is -0.365. The average molecular weight is 349 g/mol. The molecule has 1 aromatic rings. The summed E-state index contributed by atoms with van der Waals surface area (Å²) < 4.78 is 26.8.